The summed E-state index contributed by atoms with van der Waals surface area (Å²) in [5, 5.41) is 5.71. The van der Waals surface area contributed by atoms with Gasteiger partial charge in [-0.15, -0.1) is 0 Å². The molecule has 0 heterocycles. The molecule has 0 unspecified atom stereocenters. The molecule has 4 heteroatoms. The van der Waals surface area contributed by atoms with Gasteiger partial charge in [-0.3, -0.25) is 9.59 Å². The van der Waals surface area contributed by atoms with Crippen LogP contribution in [0, 0.1) is 11.3 Å². The SMILES string of the molecule is CCCCCCCCCCCCNC(=O)C(=O)NC1CCC(C(C)(C)C)CC1. The van der Waals surface area contributed by atoms with Crippen molar-refractivity contribution in [1.82, 2.24) is 10.6 Å². The molecule has 0 saturated heterocycles. The second-order valence-electron chi connectivity index (χ2n) is 9.83. The predicted molar refractivity (Wildman–Crippen MR) is 118 cm³/mol. The average Bonchev–Trinajstić information content (AvgIpc) is 2.65. The van der Waals surface area contributed by atoms with E-state index in [1.165, 1.54) is 51.4 Å². The van der Waals surface area contributed by atoms with Crippen LogP contribution in [0.25, 0.3) is 0 Å². The van der Waals surface area contributed by atoms with Gasteiger partial charge in [0.15, 0.2) is 0 Å². The van der Waals surface area contributed by atoms with Gasteiger partial charge in [0.2, 0.25) is 0 Å². The standard InChI is InChI=1S/C24H46N2O2/c1-5-6-7-8-9-10-11-12-13-14-19-25-22(27)23(28)26-21-17-15-20(16-18-21)24(2,3)4/h20-21H,5-19H2,1-4H3,(H,25,27)(H,26,28). The molecular weight excluding hydrogens is 348 g/mol. The Morgan fingerprint density at radius 3 is 1.75 bits per heavy atom. The molecule has 0 aromatic heterocycles. The van der Waals surface area contributed by atoms with Crippen LogP contribution in [-0.4, -0.2) is 24.4 Å². The van der Waals surface area contributed by atoms with Crippen LogP contribution in [0.15, 0.2) is 0 Å². The predicted octanol–water partition coefficient (Wildman–Crippen LogP) is 5.74. The number of hydrogen-bond acceptors (Lipinski definition) is 2. The second-order valence-corrected chi connectivity index (χ2v) is 9.83. The van der Waals surface area contributed by atoms with E-state index in [-0.39, 0.29) is 6.04 Å². The molecule has 0 atom stereocenters. The van der Waals surface area contributed by atoms with Crippen molar-refractivity contribution in [2.24, 2.45) is 11.3 Å². The van der Waals surface area contributed by atoms with Crippen molar-refractivity contribution in [1.29, 1.82) is 0 Å². The number of nitrogens with one attached hydrogen (secondary N) is 2. The highest BCUT2D eigenvalue weighted by molar-refractivity contribution is 6.35. The first-order chi connectivity index (χ1) is 13.3. The molecule has 0 bridgehead atoms. The van der Waals surface area contributed by atoms with Crippen LogP contribution < -0.4 is 10.6 Å². The molecule has 0 spiro atoms. The zero-order valence-electron chi connectivity index (χ0n) is 19.1. The third kappa shape index (κ3) is 11.1. The van der Waals surface area contributed by atoms with E-state index in [0.717, 1.165) is 38.5 Å². The first-order valence-electron chi connectivity index (χ1n) is 11.9. The number of carbonyl (C=O) groups is 2. The van der Waals surface area contributed by atoms with Gasteiger partial charge in [-0.05, 0) is 43.4 Å². The van der Waals surface area contributed by atoms with E-state index >= 15 is 0 Å². The molecule has 4 nitrogen and oxygen atoms in total. The quantitative estimate of drug-likeness (QED) is 0.327. The number of carbonyl (C=O) groups excluding carboxylic acids is 2. The molecule has 1 aliphatic rings. The zero-order valence-corrected chi connectivity index (χ0v) is 19.1. The summed E-state index contributed by atoms with van der Waals surface area (Å²) in [4.78, 5) is 24.1. The second kappa shape index (κ2) is 14.0. The first-order valence-corrected chi connectivity index (χ1v) is 11.9. The fourth-order valence-corrected chi connectivity index (χ4v) is 4.25. The first kappa shape index (κ1) is 25.0. The normalized spacial score (nSPS) is 20.0. The highest BCUT2D eigenvalue weighted by Crippen LogP contribution is 2.37. The summed E-state index contributed by atoms with van der Waals surface area (Å²) in [6, 6.07) is 0.161. The lowest BCUT2D eigenvalue weighted by Crippen LogP contribution is -2.46. The molecule has 1 saturated carbocycles. The lowest BCUT2D eigenvalue weighted by Gasteiger charge is -2.37. The topological polar surface area (TPSA) is 58.2 Å². The van der Waals surface area contributed by atoms with Crippen LogP contribution in [0.5, 0.6) is 0 Å². The largest absolute Gasteiger partial charge is 0.348 e. The minimum atomic E-state index is -0.464. The Bertz CT molecular complexity index is 434. The van der Waals surface area contributed by atoms with E-state index in [4.69, 9.17) is 0 Å². The third-order valence-electron chi connectivity index (χ3n) is 6.31. The highest BCUT2D eigenvalue weighted by atomic mass is 16.2. The van der Waals surface area contributed by atoms with Crippen molar-refractivity contribution in [2.75, 3.05) is 6.54 Å². The van der Waals surface area contributed by atoms with E-state index in [1.807, 2.05) is 0 Å². The number of rotatable bonds is 12. The maximum Gasteiger partial charge on any atom is 0.309 e. The molecular formula is C24H46N2O2. The smallest absolute Gasteiger partial charge is 0.309 e. The van der Waals surface area contributed by atoms with Gasteiger partial charge < -0.3 is 10.6 Å². The molecule has 0 aromatic carbocycles. The average molecular weight is 395 g/mol. The Labute approximate surface area is 174 Å². The highest BCUT2D eigenvalue weighted by Gasteiger charge is 2.30. The summed E-state index contributed by atoms with van der Waals surface area (Å²) in [5.41, 5.74) is 0.335. The Hall–Kier alpha value is -1.06. The van der Waals surface area contributed by atoms with Crippen molar-refractivity contribution in [3.05, 3.63) is 0 Å². The van der Waals surface area contributed by atoms with E-state index in [1.54, 1.807) is 0 Å². The Balaban J connectivity index is 2.00. The fraction of sp³-hybridized carbons (Fsp3) is 0.917. The number of amides is 2. The van der Waals surface area contributed by atoms with Gasteiger partial charge in [0.05, 0.1) is 0 Å². The summed E-state index contributed by atoms with van der Waals surface area (Å²) < 4.78 is 0. The Kier molecular flexibility index (Phi) is 12.5. The summed E-state index contributed by atoms with van der Waals surface area (Å²) in [6.07, 6.45) is 17.0. The molecule has 0 aromatic rings. The van der Waals surface area contributed by atoms with Gasteiger partial charge in [0.1, 0.15) is 0 Å². The molecule has 1 fully saturated rings. The maximum atomic E-state index is 12.1. The minimum absolute atomic E-state index is 0.161. The summed E-state index contributed by atoms with van der Waals surface area (Å²) in [6.45, 7) is 9.73. The molecule has 1 rings (SSSR count). The zero-order chi connectivity index (χ0) is 20.8. The van der Waals surface area contributed by atoms with Crippen LogP contribution in [0.3, 0.4) is 0 Å². The minimum Gasteiger partial charge on any atom is -0.348 e. The summed E-state index contributed by atoms with van der Waals surface area (Å²) in [7, 11) is 0. The van der Waals surface area contributed by atoms with Gasteiger partial charge in [-0.1, -0.05) is 85.5 Å². The molecule has 164 valence electrons. The Morgan fingerprint density at radius 1 is 0.750 bits per heavy atom. The van der Waals surface area contributed by atoms with Crippen molar-refractivity contribution in [3.63, 3.8) is 0 Å². The fourth-order valence-electron chi connectivity index (χ4n) is 4.25. The maximum absolute atomic E-state index is 12.1. The van der Waals surface area contributed by atoms with Crippen LogP contribution in [-0.2, 0) is 9.59 Å². The lowest BCUT2D eigenvalue weighted by atomic mass is 9.71. The van der Waals surface area contributed by atoms with Gasteiger partial charge in [-0.25, -0.2) is 0 Å². The Morgan fingerprint density at radius 2 is 1.25 bits per heavy atom. The molecule has 0 radical (unpaired) electrons. The van der Waals surface area contributed by atoms with Crippen molar-refractivity contribution in [2.45, 2.75) is 124 Å². The molecule has 1 aliphatic carbocycles. The van der Waals surface area contributed by atoms with E-state index in [0.29, 0.717) is 17.9 Å². The molecule has 2 N–H and O–H groups in total. The van der Waals surface area contributed by atoms with E-state index in [9.17, 15) is 9.59 Å². The van der Waals surface area contributed by atoms with Gasteiger partial charge in [0, 0.05) is 12.6 Å². The van der Waals surface area contributed by atoms with Crippen molar-refractivity contribution in [3.8, 4) is 0 Å². The van der Waals surface area contributed by atoms with Gasteiger partial charge in [-0.2, -0.15) is 0 Å². The van der Waals surface area contributed by atoms with E-state index < -0.39 is 11.8 Å². The van der Waals surface area contributed by atoms with Gasteiger partial charge in [0.25, 0.3) is 0 Å². The van der Waals surface area contributed by atoms with Crippen molar-refractivity contribution < 1.29 is 9.59 Å². The van der Waals surface area contributed by atoms with Crippen LogP contribution in [0.4, 0.5) is 0 Å². The van der Waals surface area contributed by atoms with E-state index in [2.05, 4.69) is 38.3 Å². The number of hydrogen-bond donors (Lipinski definition) is 2. The summed E-state index contributed by atoms with van der Waals surface area (Å²) >= 11 is 0. The van der Waals surface area contributed by atoms with Crippen LogP contribution >= 0.6 is 0 Å². The molecule has 0 aliphatic heterocycles. The monoisotopic (exact) mass is 394 g/mol. The molecule has 28 heavy (non-hydrogen) atoms. The molecule has 2 amide bonds. The van der Waals surface area contributed by atoms with Crippen LogP contribution in [0.2, 0.25) is 0 Å². The van der Waals surface area contributed by atoms with Crippen molar-refractivity contribution >= 4 is 11.8 Å². The number of unbranched alkanes of at least 4 members (excludes halogenated alkanes) is 9. The third-order valence-corrected chi connectivity index (χ3v) is 6.31. The lowest BCUT2D eigenvalue weighted by molar-refractivity contribution is -0.139. The summed E-state index contributed by atoms with van der Waals surface area (Å²) in [5.74, 6) is -0.203. The van der Waals surface area contributed by atoms with Crippen LogP contribution in [0.1, 0.15) is 118 Å². The van der Waals surface area contributed by atoms with Gasteiger partial charge >= 0.3 is 11.8 Å².